The number of hydrogen-bond donors (Lipinski definition) is 2. The van der Waals surface area contributed by atoms with Crippen LogP contribution in [0.3, 0.4) is 0 Å². The van der Waals surface area contributed by atoms with Crippen molar-refractivity contribution in [3.63, 3.8) is 0 Å². The number of esters is 1. The Morgan fingerprint density at radius 2 is 1.66 bits per heavy atom. The Kier molecular flexibility index (Phi) is 6.23. The highest BCUT2D eigenvalue weighted by Gasteiger charge is 2.71. The quantitative estimate of drug-likeness (QED) is 0.282. The average molecular weight is 528 g/mol. The zero-order chi connectivity index (χ0) is 28.1. The molecular weight excluding hydrogens is 478 g/mol. The summed E-state index contributed by atoms with van der Waals surface area (Å²) in [6.45, 7) is 23.7. The average Bonchev–Trinajstić information content (AvgIpc) is 2.93. The van der Waals surface area contributed by atoms with Gasteiger partial charge in [-0.05, 0) is 84.9 Å². The molecule has 38 heavy (non-hydrogen) atoms. The summed E-state index contributed by atoms with van der Waals surface area (Å²) in [5.41, 5.74) is -1.15. The van der Waals surface area contributed by atoms with E-state index in [4.69, 9.17) is 16.0 Å². The summed E-state index contributed by atoms with van der Waals surface area (Å²) in [5.74, 6) is 0.440. The number of allylic oxidation sites excluding steroid dienone is 2. The Balaban J connectivity index is 1.64. The van der Waals surface area contributed by atoms with Gasteiger partial charge < -0.3 is 19.7 Å². The second kappa shape index (κ2) is 8.46. The maximum absolute atomic E-state index is 13.5. The molecule has 0 radical (unpaired) electrons. The van der Waals surface area contributed by atoms with Crippen LogP contribution < -0.4 is 0 Å². The molecule has 5 aliphatic rings. The van der Waals surface area contributed by atoms with Gasteiger partial charge in [0.25, 0.3) is 0 Å². The lowest BCUT2D eigenvalue weighted by atomic mass is 9.36. The number of carbonyl (C=O) groups is 1. The van der Waals surface area contributed by atoms with Crippen LogP contribution in [0.25, 0.3) is 4.85 Å². The van der Waals surface area contributed by atoms with Gasteiger partial charge in [0.1, 0.15) is 5.76 Å². The Morgan fingerprint density at radius 3 is 2.29 bits per heavy atom. The number of ether oxygens (including phenoxy) is 2. The normalized spacial score (nSPS) is 49.3. The van der Waals surface area contributed by atoms with Crippen molar-refractivity contribution < 1.29 is 24.5 Å². The summed E-state index contributed by atoms with van der Waals surface area (Å²) >= 11 is 0. The van der Waals surface area contributed by atoms with Crippen LogP contribution in [0.5, 0.6) is 0 Å². The van der Waals surface area contributed by atoms with E-state index in [1.807, 2.05) is 0 Å². The molecule has 1 aliphatic heterocycles. The highest BCUT2D eigenvalue weighted by atomic mass is 16.6. The molecule has 0 spiro atoms. The fourth-order valence-corrected chi connectivity index (χ4v) is 10.9. The number of nitrogens with zero attached hydrogens (tertiary/aromatic N) is 1. The van der Waals surface area contributed by atoms with Crippen molar-refractivity contribution in [1.29, 1.82) is 0 Å². The molecule has 6 nitrogen and oxygen atoms in total. The SMILES string of the molecule is [C-]#[N+]C1=C(O)C(C)(C)[C@@H]2CC[C@]3(C)[C@H](CC(O)O[C@@H]4[C@@H]5CC(C)(C)CC[C@]5(C(=O)OC)CC[C@]43C)[C@@]2(C)C1. The molecule has 9 atom stereocenters. The van der Waals surface area contributed by atoms with Crippen LogP contribution in [0.4, 0.5) is 0 Å². The topological polar surface area (TPSA) is 80.4 Å². The fraction of sp³-hybridized carbons (Fsp3) is 0.875. The Morgan fingerprint density at radius 1 is 1.00 bits per heavy atom. The molecular formula is C32H49NO5. The number of rotatable bonds is 1. The molecule has 4 fully saturated rings. The first-order chi connectivity index (χ1) is 17.5. The van der Waals surface area contributed by atoms with Crippen molar-refractivity contribution >= 4 is 5.97 Å². The highest BCUT2D eigenvalue weighted by Crippen LogP contribution is 2.74. The number of aliphatic hydroxyl groups excluding tert-OH is 2. The van der Waals surface area contributed by atoms with Crippen LogP contribution in [0.2, 0.25) is 0 Å². The van der Waals surface area contributed by atoms with Gasteiger partial charge >= 0.3 is 5.97 Å². The highest BCUT2D eigenvalue weighted by molar-refractivity contribution is 5.77. The summed E-state index contributed by atoms with van der Waals surface area (Å²) in [6, 6.07) is 0. The minimum Gasteiger partial charge on any atom is -0.523 e. The lowest BCUT2D eigenvalue weighted by Crippen LogP contribution is -2.66. The number of methoxy groups -OCH3 is 1. The molecule has 3 saturated carbocycles. The van der Waals surface area contributed by atoms with Gasteiger partial charge in [-0.25, -0.2) is 4.85 Å². The van der Waals surface area contributed by atoms with Gasteiger partial charge in [-0.15, -0.1) is 0 Å². The van der Waals surface area contributed by atoms with Crippen LogP contribution >= 0.6 is 0 Å². The van der Waals surface area contributed by atoms with Crippen molar-refractivity contribution in [2.45, 2.75) is 119 Å². The molecule has 212 valence electrons. The maximum atomic E-state index is 13.5. The van der Waals surface area contributed by atoms with E-state index in [1.54, 1.807) is 0 Å². The molecule has 0 bridgehead atoms. The number of carbonyl (C=O) groups excluding carboxylic acids is 1. The number of hydrogen-bond acceptors (Lipinski definition) is 5. The molecule has 1 saturated heterocycles. The van der Waals surface area contributed by atoms with E-state index in [0.29, 0.717) is 18.5 Å². The van der Waals surface area contributed by atoms with E-state index < -0.39 is 17.1 Å². The van der Waals surface area contributed by atoms with Gasteiger partial charge in [0, 0.05) is 17.8 Å². The van der Waals surface area contributed by atoms with E-state index in [2.05, 4.69) is 53.3 Å². The van der Waals surface area contributed by atoms with Gasteiger partial charge in [-0.3, -0.25) is 4.79 Å². The van der Waals surface area contributed by atoms with Gasteiger partial charge in [0.05, 0.1) is 25.2 Å². The third-order valence-electron chi connectivity index (χ3n) is 13.2. The summed E-state index contributed by atoms with van der Waals surface area (Å²) in [7, 11) is 1.51. The molecule has 0 aromatic carbocycles. The van der Waals surface area contributed by atoms with E-state index in [0.717, 1.165) is 44.9 Å². The second-order valence-corrected chi connectivity index (χ2v) is 15.7. The van der Waals surface area contributed by atoms with Gasteiger partial charge in [0.15, 0.2) is 6.29 Å². The van der Waals surface area contributed by atoms with Crippen molar-refractivity contribution in [1.82, 2.24) is 0 Å². The number of aliphatic hydroxyl groups is 2. The summed E-state index contributed by atoms with van der Waals surface area (Å²) in [4.78, 5) is 17.3. The zero-order valence-corrected chi connectivity index (χ0v) is 24.8. The van der Waals surface area contributed by atoms with E-state index in [1.165, 1.54) is 7.11 Å². The van der Waals surface area contributed by atoms with E-state index >= 15 is 0 Å². The van der Waals surface area contributed by atoms with Gasteiger partial charge in [-0.2, -0.15) is 0 Å². The van der Waals surface area contributed by atoms with Crippen LogP contribution in [0.15, 0.2) is 11.5 Å². The molecule has 0 aromatic rings. The molecule has 2 N–H and O–H groups in total. The zero-order valence-electron chi connectivity index (χ0n) is 24.8. The first-order valence-electron chi connectivity index (χ1n) is 14.7. The smallest absolute Gasteiger partial charge is 0.312 e. The fourth-order valence-electron chi connectivity index (χ4n) is 10.9. The molecule has 4 aliphatic carbocycles. The van der Waals surface area contributed by atoms with Crippen molar-refractivity contribution in [3.05, 3.63) is 22.9 Å². The Bertz CT molecular complexity index is 1090. The van der Waals surface area contributed by atoms with Gasteiger partial charge in [0.2, 0.25) is 5.70 Å². The molecule has 0 aromatic heterocycles. The first kappa shape index (κ1) is 28.0. The molecule has 6 heteroatoms. The summed E-state index contributed by atoms with van der Waals surface area (Å²) in [6.07, 6.45) is 6.10. The summed E-state index contributed by atoms with van der Waals surface area (Å²) < 4.78 is 12.2. The molecule has 0 amide bonds. The predicted octanol–water partition coefficient (Wildman–Crippen LogP) is 7.04. The molecule has 1 unspecified atom stereocenters. The maximum Gasteiger partial charge on any atom is 0.312 e. The number of fused-ring (bicyclic) bond motifs is 7. The van der Waals surface area contributed by atoms with Crippen LogP contribution in [0.1, 0.15) is 106 Å². The van der Waals surface area contributed by atoms with Gasteiger partial charge in [-0.1, -0.05) is 48.5 Å². The monoisotopic (exact) mass is 527 g/mol. The van der Waals surface area contributed by atoms with Crippen molar-refractivity contribution in [2.24, 2.45) is 50.2 Å². The van der Waals surface area contributed by atoms with E-state index in [9.17, 15) is 15.0 Å². The lowest BCUT2D eigenvalue weighted by Gasteiger charge is -2.68. The van der Waals surface area contributed by atoms with Crippen molar-refractivity contribution in [2.75, 3.05) is 7.11 Å². The Labute approximate surface area is 229 Å². The summed E-state index contributed by atoms with van der Waals surface area (Å²) in [5, 5.41) is 22.6. The molecule has 1 heterocycles. The van der Waals surface area contributed by atoms with Crippen LogP contribution in [-0.4, -0.2) is 35.7 Å². The third kappa shape index (κ3) is 3.46. The van der Waals surface area contributed by atoms with Crippen LogP contribution in [-0.2, 0) is 14.3 Å². The first-order valence-corrected chi connectivity index (χ1v) is 14.7. The van der Waals surface area contributed by atoms with E-state index in [-0.39, 0.29) is 57.2 Å². The molecule has 5 rings (SSSR count). The second-order valence-electron chi connectivity index (χ2n) is 15.7. The Hall–Kier alpha value is -1.58. The largest absolute Gasteiger partial charge is 0.523 e. The van der Waals surface area contributed by atoms with Crippen molar-refractivity contribution in [3.8, 4) is 0 Å². The standard InChI is InChI=1S/C32H49NO5/c1-27(2)12-14-32(26(36)37-9)15-13-31(7)25(19(32)17-27)38-23(34)16-22-29(5)18-20(33-8)24(35)28(3,4)21(29)10-11-30(22,31)6/h19,21-23,25,34-35H,10-18H2,1-7,9H3/t19-,21-,22+,23?,25+,29-,30+,31+,32-/m0/s1. The van der Waals surface area contributed by atoms with Crippen LogP contribution in [0, 0.1) is 56.8 Å². The minimum atomic E-state index is -0.931. The predicted molar refractivity (Wildman–Crippen MR) is 145 cm³/mol. The lowest BCUT2D eigenvalue weighted by molar-refractivity contribution is -0.248. The third-order valence-corrected chi connectivity index (χ3v) is 13.2. The minimum absolute atomic E-state index is 0.0151.